The molecule has 2 N–H and O–H groups in total. The third-order valence-corrected chi connectivity index (χ3v) is 4.00. The monoisotopic (exact) mass is 283 g/mol. The second-order valence-corrected chi connectivity index (χ2v) is 5.92. The van der Waals surface area contributed by atoms with Crippen LogP contribution in [0.25, 0.3) is 0 Å². The number of halogens is 1. The molecule has 2 rings (SSSR count). The highest BCUT2D eigenvalue weighted by molar-refractivity contribution is 5.85. The van der Waals surface area contributed by atoms with Gasteiger partial charge in [0, 0.05) is 12.0 Å². The number of nitrogens with two attached hydrogens (primary N) is 1. The highest BCUT2D eigenvalue weighted by Crippen LogP contribution is 2.40. The minimum atomic E-state index is 0. The molecule has 0 radical (unpaired) electrons. The molecule has 108 valence electrons. The predicted octanol–water partition coefficient (Wildman–Crippen LogP) is 3.91. The fraction of sp³-hybridized carbons (Fsp3) is 0.625. The van der Waals surface area contributed by atoms with Gasteiger partial charge in [-0.25, -0.2) is 0 Å². The summed E-state index contributed by atoms with van der Waals surface area (Å²) in [4.78, 5) is 0. The maximum Gasteiger partial charge on any atom is 0.119 e. The molecule has 1 aliphatic carbocycles. The molecule has 1 aromatic carbocycles. The zero-order valence-corrected chi connectivity index (χ0v) is 12.8. The van der Waals surface area contributed by atoms with Gasteiger partial charge in [-0.2, -0.15) is 0 Å². The van der Waals surface area contributed by atoms with Crippen LogP contribution in [0.4, 0.5) is 0 Å². The van der Waals surface area contributed by atoms with Crippen LogP contribution in [-0.2, 0) is 5.41 Å². The second-order valence-electron chi connectivity index (χ2n) is 5.92. The van der Waals surface area contributed by atoms with Crippen molar-refractivity contribution in [2.24, 2.45) is 11.7 Å². The van der Waals surface area contributed by atoms with E-state index in [2.05, 4.69) is 38.1 Å². The van der Waals surface area contributed by atoms with Crippen molar-refractivity contribution in [3.63, 3.8) is 0 Å². The zero-order chi connectivity index (χ0) is 13.0. The van der Waals surface area contributed by atoms with Crippen molar-refractivity contribution in [3.8, 4) is 5.75 Å². The summed E-state index contributed by atoms with van der Waals surface area (Å²) in [5.41, 5.74) is 7.63. The summed E-state index contributed by atoms with van der Waals surface area (Å²) in [7, 11) is 0. The smallest absolute Gasteiger partial charge is 0.119 e. The molecule has 1 fully saturated rings. The number of rotatable bonds is 5. The van der Waals surface area contributed by atoms with E-state index < -0.39 is 0 Å². The minimum Gasteiger partial charge on any atom is -0.493 e. The van der Waals surface area contributed by atoms with Crippen molar-refractivity contribution < 1.29 is 4.74 Å². The number of hydrogen-bond acceptors (Lipinski definition) is 2. The van der Waals surface area contributed by atoms with Gasteiger partial charge >= 0.3 is 0 Å². The van der Waals surface area contributed by atoms with Crippen LogP contribution in [0.2, 0.25) is 0 Å². The first-order valence-corrected chi connectivity index (χ1v) is 7.10. The van der Waals surface area contributed by atoms with Gasteiger partial charge in [0.2, 0.25) is 0 Å². The van der Waals surface area contributed by atoms with E-state index in [4.69, 9.17) is 10.5 Å². The van der Waals surface area contributed by atoms with Gasteiger partial charge in [0.25, 0.3) is 0 Å². The van der Waals surface area contributed by atoms with E-state index in [9.17, 15) is 0 Å². The predicted molar refractivity (Wildman–Crippen MR) is 83.2 cm³/mol. The second kappa shape index (κ2) is 7.16. The Bertz CT molecular complexity index is 369. The van der Waals surface area contributed by atoms with Crippen LogP contribution in [0.15, 0.2) is 24.3 Å². The molecular formula is C16H26ClNO. The normalized spacial score (nSPS) is 17.3. The Kier molecular flexibility index (Phi) is 6.15. The molecular weight excluding hydrogens is 258 g/mol. The highest BCUT2D eigenvalue weighted by Gasteiger charge is 2.33. The molecule has 0 saturated heterocycles. The lowest BCUT2D eigenvalue weighted by molar-refractivity contribution is 0.271. The van der Waals surface area contributed by atoms with E-state index in [0.29, 0.717) is 5.92 Å². The fourth-order valence-corrected chi connectivity index (χ4v) is 2.83. The minimum absolute atomic E-state index is 0. The molecule has 1 aliphatic rings. The van der Waals surface area contributed by atoms with Crippen molar-refractivity contribution in [1.29, 1.82) is 0 Å². The highest BCUT2D eigenvalue weighted by atomic mass is 35.5. The maximum absolute atomic E-state index is 6.01. The van der Waals surface area contributed by atoms with E-state index in [1.807, 2.05) is 0 Å². The standard InChI is InChI=1S/C16H25NO.ClH/c1-13(2)11-18-15-7-5-14(6-8-15)16(12-17)9-3-4-10-16;/h5-8,13H,3-4,9-12,17H2,1-2H3;1H. The Morgan fingerprint density at radius 3 is 2.21 bits per heavy atom. The first-order chi connectivity index (χ1) is 8.66. The Balaban J connectivity index is 0.00000180. The first kappa shape index (κ1) is 16.3. The molecule has 0 aromatic heterocycles. The van der Waals surface area contributed by atoms with Crippen LogP contribution in [-0.4, -0.2) is 13.2 Å². The zero-order valence-electron chi connectivity index (χ0n) is 12.0. The lowest BCUT2D eigenvalue weighted by Gasteiger charge is -2.28. The van der Waals surface area contributed by atoms with Gasteiger partial charge in [0.15, 0.2) is 0 Å². The van der Waals surface area contributed by atoms with Gasteiger partial charge in [-0.05, 0) is 36.5 Å². The molecule has 0 spiro atoms. The third kappa shape index (κ3) is 3.87. The molecule has 2 nitrogen and oxygen atoms in total. The summed E-state index contributed by atoms with van der Waals surface area (Å²) >= 11 is 0. The van der Waals surface area contributed by atoms with Crippen molar-refractivity contribution in [2.75, 3.05) is 13.2 Å². The van der Waals surface area contributed by atoms with Gasteiger partial charge < -0.3 is 10.5 Å². The molecule has 1 aromatic rings. The largest absolute Gasteiger partial charge is 0.493 e. The SMILES string of the molecule is CC(C)COc1ccc(C2(CN)CCCC2)cc1.Cl. The Labute approximate surface area is 123 Å². The van der Waals surface area contributed by atoms with Crippen LogP contribution in [0.5, 0.6) is 5.75 Å². The van der Waals surface area contributed by atoms with Gasteiger partial charge in [0.05, 0.1) is 6.61 Å². The van der Waals surface area contributed by atoms with Crippen molar-refractivity contribution in [1.82, 2.24) is 0 Å². The van der Waals surface area contributed by atoms with Gasteiger partial charge in [-0.1, -0.05) is 38.8 Å². The van der Waals surface area contributed by atoms with E-state index in [0.717, 1.165) is 18.9 Å². The van der Waals surface area contributed by atoms with Crippen LogP contribution < -0.4 is 10.5 Å². The van der Waals surface area contributed by atoms with Crippen molar-refractivity contribution >= 4 is 12.4 Å². The van der Waals surface area contributed by atoms with Crippen LogP contribution >= 0.6 is 12.4 Å². The molecule has 0 bridgehead atoms. The summed E-state index contributed by atoms with van der Waals surface area (Å²) < 4.78 is 5.72. The van der Waals surface area contributed by atoms with E-state index in [1.165, 1.54) is 31.2 Å². The number of ether oxygens (including phenoxy) is 1. The average Bonchev–Trinajstić information content (AvgIpc) is 2.87. The molecule has 3 heteroatoms. The summed E-state index contributed by atoms with van der Waals surface area (Å²) in [5.74, 6) is 1.53. The molecule has 0 aliphatic heterocycles. The lowest BCUT2D eigenvalue weighted by Crippen LogP contribution is -2.31. The fourth-order valence-electron chi connectivity index (χ4n) is 2.83. The van der Waals surface area contributed by atoms with Crippen LogP contribution in [0.1, 0.15) is 45.1 Å². The van der Waals surface area contributed by atoms with E-state index >= 15 is 0 Å². The topological polar surface area (TPSA) is 35.2 Å². The van der Waals surface area contributed by atoms with Gasteiger partial charge in [-0.3, -0.25) is 0 Å². The van der Waals surface area contributed by atoms with Crippen LogP contribution in [0.3, 0.4) is 0 Å². The van der Waals surface area contributed by atoms with E-state index in [-0.39, 0.29) is 17.8 Å². The van der Waals surface area contributed by atoms with Gasteiger partial charge in [-0.15, -0.1) is 12.4 Å². The molecule has 0 unspecified atom stereocenters. The average molecular weight is 284 g/mol. The summed E-state index contributed by atoms with van der Waals surface area (Å²) in [6.45, 7) is 5.87. The van der Waals surface area contributed by atoms with Crippen LogP contribution in [0, 0.1) is 5.92 Å². The summed E-state index contributed by atoms with van der Waals surface area (Å²) in [5, 5.41) is 0. The van der Waals surface area contributed by atoms with Crippen molar-refractivity contribution in [2.45, 2.75) is 44.9 Å². The third-order valence-electron chi connectivity index (χ3n) is 4.00. The molecule has 0 heterocycles. The molecule has 0 atom stereocenters. The number of hydrogen-bond donors (Lipinski definition) is 1. The van der Waals surface area contributed by atoms with Gasteiger partial charge in [0.1, 0.15) is 5.75 Å². The lowest BCUT2D eigenvalue weighted by atomic mass is 9.79. The Morgan fingerprint density at radius 2 is 1.74 bits per heavy atom. The number of benzene rings is 1. The maximum atomic E-state index is 6.01. The molecule has 19 heavy (non-hydrogen) atoms. The Hall–Kier alpha value is -0.730. The first-order valence-electron chi connectivity index (χ1n) is 7.10. The molecule has 1 saturated carbocycles. The van der Waals surface area contributed by atoms with Crippen molar-refractivity contribution in [3.05, 3.63) is 29.8 Å². The van der Waals surface area contributed by atoms with E-state index in [1.54, 1.807) is 0 Å². The molecule has 0 amide bonds. The summed E-state index contributed by atoms with van der Waals surface area (Å²) in [6.07, 6.45) is 5.08. The quantitative estimate of drug-likeness (QED) is 0.889. The summed E-state index contributed by atoms with van der Waals surface area (Å²) in [6, 6.07) is 8.59. The Morgan fingerprint density at radius 1 is 1.16 bits per heavy atom.